The molecular formula is C15H14N4S. The number of imidazole rings is 1. The zero-order valence-electron chi connectivity index (χ0n) is 10.8. The molecule has 0 aliphatic carbocycles. The number of nitrogens with one attached hydrogen (secondary N) is 2. The van der Waals surface area contributed by atoms with Gasteiger partial charge in [-0.2, -0.15) is 0 Å². The Balaban J connectivity index is 1.70. The second-order valence-electron chi connectivity index (χ2n) is 4.85. The maximum absolute atomic E-state index is 4.78. The normalized spacial score (nSPS) is 17.9. The molecule has 0 fully saturated rings. The smallest absolute Gasteiger partial charge is 0.123 e. The first kappa shape index (κ1) is 11.8. The number of aromatic nitrogens is 3. The minimum Gasteiger partial charge on any atom is -0.348 e. The summed E-state index contributed by atoms with van der Waals surface area (Å²) in [7, 11) is 0. The first-order valence-corrected chi connectivity index (χ1v) is 7.56. The number of benzene rings is 1. The van der Waals surface area contributed by atoms with Crippen molar-refractivity contribution in [1.29, 1.82) is 0 Å². The van der Waals surface area contributed by atoms with Crippen molar-refractivity contribution in [1.82, 2.24) is 20.3 Å². The molecule has 3 heterocycles. The molecule has 1 aliphatic heterocycles. The molecule has 2 aromatic heterocycles. The highest BCUT2D eigenvalue weighted by Gasteiger charge is 2.25. The van der Waals surface area contributed by atoms with Crippen LogP contribution in [0.2, 0.25) is 0 Å². The summed E-state index contributed by atoms with van der Waals surface area (Å²) in [6.45, 7) is 0.956. The van der Waals surface area contributed by atoms with Crippen molar-refractivity contribution < 1.29 is 0 Å². The molecular weight excluding hydrogens is 268 g/mol. The molecule has 5 heteroatoms. The van der Waals surface area contributed by atoms with Gasteiger partial charge in [-0.05, 0) is 0 Å². The Hall–Kier alpha value is -1.98. The highest BCUT2D eigenvalue weighted by molar-refractivity contribution is 7.13. The van der Waals surface area contributed by atoms with Crippen LogP contribution in [0.15, 0.2) is 42.0 Å². The summed E-state index contributed by atoms with van der Waals surface area (Å²) in [4.78, 5) is 12.4. The number of rotatable bonds is 2. The van der Waals surface area contributed by atoms with Crippen molar-refractivity contribution in [3.05, 3.63) is 59.1 Å². The van der Waals surface area contributed by atoms with E-state index in [1.165, 1.54) is 11.3 Å². The Labute approximate surface area is 120 Å². The van der Waals surface area contributed by atoms with Crippen LogP contribution in [0.5, 0.6) is 0 Å². The lowest BCUT2D eigenvalue weighted by atomic mass is 10.0. The van der Waals surface area contributed by atoms with Crippen molar-refractivity contribution in [3.63, 3.8) is 0 Å². The lowest BCUT2D eigenvalue weighted by Gasteiger charge is -2.21. The Morgan fingerprint density at radius 1 is 1.20 bits per heavy atom. The average molecular weight is 282 g/mol. The number of hydrogen-bond donors (Lipinski definition) is 2. The monoisotopic (exact) mass is 282 g/mol. The van der Waals surface area contributed by atoms with Crippen LogP contribution in [0.3, 0.4) is 0 Å². The molecule has 100 valence electrons. The Morgan fingerprint density at radius 2 is 2.10 bits per heavy atom. The molecule has 2 N–H and O–H groups in total. The highest BCUT2D eigenvalue weighted by Crippen LogP contribution is 2.30. The second-order valence-corrected chi connectivity index (χ2v) is 5.71. The number of fused-ring (bicyclic) bond motifs is 1. The maximum atomic E-state index is 4.78. The number of hydrogen-bond acceptors (Lipinski definition) is 4. The first-order valence-electron chi connectivity index (χ1n) is 6.68. The fourth-order valence-electron chi connectivity index (χ4n) is 2.60. The molecule has 4 nitrogen and oxygen atoms in total. The van der Waals surface area contributed by atoms with Gasteiger partial charge in [0, 0.05) is 29.6 Å². The van der Waals surface area contributed by atoms with E-state index < -0.39 is 0 Å². The van der Waals surface area contributed by atoms with Crippen LogP contribution < -0.4 is 5.32 Å². The van der Waals surface area contributed by atoms with E-state index in [0.717, 1.165) is 29.4 Å². The van der Waals surface area contributed by atoms with E-state index in [9.17, 15) is 0 Å². The van der Waals surface area contributed by atoms with Gasteiger partial charge in [-0.3, -0.25) is 0 Å². The van der Waals surface area contributed by atoms with E-state index in [1.54, 1.807) is 17.7 Å². The van der Waals surface area contributed by atoms with Gasteiger partial charge in [0.2, 0.25) is 0 Å². The molecule has 1 aliphatic rings. The van der Waals surface area contributed by atoms with E-state index >= 15 is 0 Å². The van der Waals surface area contributed by atoms with Crippen molar-refractivity contribution >= 4 is 11.3 Å². The molecule has 0 saturated carbocycles. The van der Waals surface area contributed by atoms with E-state index in [0.29, 0.717) is 0 Å². The molecule has 0 spiro atoms. The van der Waals surface area contributed by atoms with Crippen molar-refractivity contribution in [2.45, 2.75) is 12.5 Å². The van der Waals surface area contributed by atoms with Gasteiger partial charge in [-0.25, -0.2) is 9.97 Å². The zero-order chi connectivity index (χ0) is 13.4. The SMILES string of the molecule is c1ccc(-c2nc(C3NCCc4[nH]cnc43)cs2)cc1. The van der Waals surface area contributed by atoms with E-state index in [1.807, 2.05) is 18.2 Å². The van der Waals surface area contributed by atoms with Crippen LogP contribution in [0.25, 0.3) is 10.6 Å². The number of aromatic amines is 1. The van der Waals surface area contributed by atoms with E-state index in [-0.39, 0.29) is 6.04 Å². The summed E-state index contributed by atoms with van der Waals surface area (Å²) in [5.74, 6) is 0. The third-order valence-electron chi connectivity index (χ3n) is 3.59. The van der Waals surface area contributed by atoms with Crippen molar-refractivity contribution in [2.24, 2.45) is 0 Å². The molecule has 0 saturated heterocycles. The van der Waals surface area contributed by atoms with Gasteiger partial charge in [0.25, 0.3) is 0 Å². The fraction of sp³-hybridized carbons (Fsp3) is 0.200. The van der Waals surface area contributed by atoms with Gasteiger partial charge in [-0.1, -0.05) is 30.3 Å². The predicted octanol–water partition coefficient (Wildman–Crippen LogP) is 2.77. The van der Waals surface area contributed by atoms with Crippen LogP contribution in [-0.4, -0.2) is 21.5 Å². The van der Waals surface area contributed by atoms with Gasteiger partial charge < -0.3 is 10.3 Å². The molecule has 0 bridgehead atoms. The maximum Gasteiger partial charge on any atom is 0.123 e. The Morgan fingerprint density at radius 3 is 3.00 bits per heavy atom. The summed E-state index contributed by atoms with van der Waals surface area (Å²) in [5.41, 5.74) is 4.54. The molecule has 4 rings (SSSR count). The first-order chi connectivity index (χ1) is 9.92. The summed E-state index contributed by atoms with van der Waals surface area (Å²) in [6.07, 6.45) is 2.77. The summed E-state index contributed by atoms with van der Waals surface area (Å²) in [5, 5.41) is 6.69. The second kappa shape index (κ2) is 4.85. The summed E-state index contributed by atoms with van der Waals surface area (Å²) < 4.78 is 0. The number of H-pyrrole nitrogens is 1. The largest absolute Gasteiger partial charge is 0.348 e. The van der Waals surface area contributed by atoms with Gasteiger partial charge in [0.15, 0.2) is 0 Å². The zero-order valence-corrected chi connectivity index (χ0v) is 11.7. The molecule has 1 atom stereocenters. The third-order valence-corrected chi connectivity index (χ3v) is 4.50. The molecule has 1 unspecified atom stereocenters. The molecule has 1 aromatic carbocycles. The van der Waals surface area contributed by atoms with Gasteiger partial charge >= 0.3 is 0 Å². The lowest BCUT2D eigenvalue weighted by Crippen LogP contribution is -2.30. The summed E-state index contributed by atoms with van der Waals surface area (Å²) >= 11 is 1.68. The van der Waals surface area contributed by atoms with Crippen LogP contribution in [-0.2, 0) is 6.42 Å². The van der Waals surface area contributed by atoms with Crippen LogP contribution in [0.4, 0.5) is 0 Å². The van der Waals surface area contributed by atoms with E-state index in [2.05, 4.69) is 32.8 Å². The Bertz CT molecular complexity index is 716. The van der Waals surface area contributed by atoms with Crippen LogP contribution in [0, 0.1) is 0 Å². The van der Waals surface area contributed by atoms with E-state index in [4.69, 9.17) is 4.98 Å². The van der Waals surface area contributed by atoms with Crippen LogP contribution >= 0.6 is 11.3 Å². The average Bonchev–Trinajstić information content (AvgIpc) is 3.17. The third kappa shape index (κ3) is 1.95. The minimum atomic E-state index is 0.110. The minimum absolute atomic E-state index is 0.110. The summed E-state index contributed by atoms with van der Waals surface area (Å²) in [6, 6.07) is 10.4. The topological polar surface area (TPSA) is 53.6 Å². The van der Waals surface area contributed by atoms with Crippen molar-refractivity contribution in [2.75, 3.05) is 6.54 Å². The fourth-order valence-corrected chi connectivity index (χ4v) is 3.45. The molecule has 0 radical (unpaired) electrons. The lowest BCUT2D eigenvalue weighted by molar-refractivity contribution is 0.545. The van der Waals surface area contributed by atoms with Crippen LogP contribution in [0.1, 0.15) is 23.1 Å². The number of thiazole rings is 1. The highest BCUT2D eigenvalue weighted by atomic mass is 32.1. The van der Waals surface area contributed by atoms with Gasteiger partial charge in [0.05, 0.1) is 23.8 Å². The molecule has 0 amide bonds. The Kier molecular flexibility index (Phi) is 2.86. The van der Waals surface area contributed by atoms with Crippen molar-refractivity contribution in [3.8, 4) is 10.6 Å². The van der Waals surface area contributed by atoms with Gasteiger partial charge in [-0.15, -0.1) is 11.3 Å². The standard InChI is InChI=1S/C15H14N4S/c1-2-4-10(5-3-1)15-19-12(8-20-15)14-13-11(6-7-16-14)17-9-18-13/h1-5,8-9,14,16H,6-7H2,(H,17,18). The van der Waals surface area contributed by atoms with Gasteiger partial charge in [0.1, 0.15) is 5.01 Å². The number of nitrogens with zero attached hydrogens (tertiary/aromatic N) is 2. The molecule has 3 aromatic rings. The molecule has 20 heavy (non-hydrogen) atoms. The quantitative estimate of drug-likeness (QED) is 0.760. The predicted molar refractivity (Wildman–Crippen MR) is 79.7 cm³/mol.